The molecule has 0 saturated heterocycles. The second-order valence-corrected chi connectivity index (χ2v) is 10.4. The molecule has 4 fully saturated rings. The molecule has 10 atom stereocenters. The molecule has 0 radical (unpaired) electrons. The van der Waals surface area contributed by atoms with Crippen LogP contribution in [0.15, 0.2) is 0 Å². The summed E-state index contributed by atoms with van der Waals surface area (Å²) in [6, 6.07) is 0. The van der Waals surface area contributed by atoms with E-state index in [1.807, 2.05) is 0 Å². The average Bonchev–Trinajstić information content (AvgIpc) is 2.78. The summed E-state index contributed by atoms with van der Waals surface area (Å²) in [7, 11) is 0. The number of fused-ring (bicyclic) bond motifs is 5. The van der Waals surface area contributed by atoms with Gasteiger partial charge in [-0.1, -0.05) is 27.2 Å². The van der Waals surface area contributed by atoms with Crippen LogP contribution in [0.4, 0.5) is 0 Å². The molecular formula is C22H38O. The Bertz CT molecular complexity index is 443. The van der Waals surface area contributed by atoms with E-state index in [4.69, 9.17) is 0 Å². The van der Waals surface area contributed by atoms with Gasteiger partial charge in [0.25, 0.3) is 0 Å². The van der Waals surface area contributed by atoms with Gasteiger partial charge in [-0.2, -0.15) is 0 Å². The zero-order valence-corrected chi connectivity index (χ0v) is 15.8. The lowest BCUT2D eigenvalue weighted by Gasteiger charge is -2.57. The summed E-state index contributed by atoms with van der Waals surface area (Å²) in [6.45, 7) is 9.58. The predicted molar refractivity (Wildman–Crippen MR) is 96.0 cm³/mol. The van der Waals surface area contributed by atoms with Crippen LogP contribution in [0, 0.1) is 52.8 Å². The molecule has 132 valence electrons. The maximum absolute atomic E-state index is 10.4. The highest BCUT2D eigenvalue weighted by Crippen LogP contribution is 2.66. The molecule has 4 rings (SSSR count). The Labute approximate surface area is 143 Å². The summed E-state index contributed by atoms with van der Waals surface area (Å²) in [5.41, 5.74) is 0.420. The molecule has 4 aliphatic rings. The van der Waals surface area contributed by atoms with Crippen molar-refractivity contribution in [2.45, 2.75) is 85.2 Å². The van der Waals surface area contributed by atoms with Crippen LogP contribution in [0.25, 0.3) is 0 Å². The summed E-state index contributed by atoms with van der Waals surface area (Å²) in [5, 5.41) is 10.4. The van der Waals surface area contributed by atoms with E-state index in [9.17, 15) is 5.11 Å². The van der Waals surface area contributed by atoms with Crippen LogP contribution in [-0.4, -0.2) is 11.2 Å². The molecule has 0 bridgehead atoms. The topological polar surface area (TPSA) is 20.2 Å². The Morgan fingerprint density at radius 1 is 0.913 bits per heavy atom. The number of hydrogen-bond acceptors (Lipinski definition) is 1. The van der Waals surface area contributed by atoms with Gasteiger partial charge in [0.15, 0.2) is 0 Å². The summed E-state index contributed by atoms with van der Waals surface area (Å²) >= 11 is 0. The molecule has 10 unspecified atom stereocenters. The Morgan fingerprint density at radius 3 is 2.39 bits per heavy atom. The minimum absolute atomic E-state index is 0.115. The second-order valence-electron chi connectivity index (χ2n) is 10.4. The van der Waals surface area contributed by atoms with Crippen LogP contribution < -0.4 is 0 Å². The maximum Gasteiger partial charge on any atom is 0.0545 e. The molecular weight excluding hydrogens is 280 g/mol. The predicted octanol–water partition coefficient (Wildman–Crippen LogP) is 5.52. The molecule has 0 aromatic carbocycles. The third-order valence-corrected chi connectivity index (χ3v) is 9.18. The van der Waals surface area contributed by atoms with Gasteiger partial charge in [-0.3, -0.25) is 0 Å². The van der Waals surface area contributed by atoms with Crippen LogP contribution >= 0.6 is 0 Å². The largest absolute Gasteiger partial charge is 0.393 e. The molecule has 0 spiro atoms. The van der Waals surface area contributed by atoms with Crippen molar-refractivity contribution in [3.05, 3.63) is 0 Å². The van der Waals surface area contributed by atoms with E-state index in [1.54, 1.807) is 0 Å². The summed E-state index contributed by atoms with van der Waals surface area (Å²) in [6.07, 6.45) is 11.5. The molecule has 23 heavy (non-hydrogen) atoms. The SMILES string of the molecule is CC1CCC2C(CCC3C2CCC2(C)C(C(C)O)CC(C)C32)C1. The van der Waals surface area contributed by atoms with Crippen LogP contribution in [-0.2, 0) is 0 Å². The van der Waals surface area contributed by atoms with Crippen molar-refractivity contribution in [3.8, 4) is 0 Å². The first-order chi connectivity index (χ1) is 10.9. The van der Waals surface area contributed by atoms with Crippen molar-refractivity contribution in [3.63, 3.8) is 0 Å². The third-order valence-electron chi connectivity index (χ3n) is 9.18. The van der Waals surface area contributed by atoms with Crippen LogP contribution in [0.1, 0.15) is 79.1 Å². The number of aliphatic hydroxyl groups is 1. The fourth-order valence-corrected chi connectivity index (χ4v) is 8.43. The standard InChI is InChI=1S/C22H38O/c1-13-5-7-17-16(11-13)6-8-19-18(17)9-10-22(4)20(15(3)23)12-14(2)21(19)22/h13-21,23H,5-12H2,1-4H3. The van der Waals surface area contributed by atoms with E-state index in [0.717, 1.165) is 41.4 Å². The molecule has 0 aromatic rings. The van der Waals surface area contributed by atoms with E-state index in [1.165, 1.54) is 51.4 Å². The summed E-state index contributed by atoms with van der Waals surface area (Å²) in [4.78, 5) is 0. The minimum Gasteiger partial charge on any atom is -0.393 e. The molecule has 4 saturated carbocycles. The fourth-order valence-electron chi connectivity index (χ4n) is 8.43. The van der Waals surface area contributed by atoms with Gasteiger partial charge >= 0.3 is 0 Å². The highest BCUT2D eigenvalue weighted by atomic mass is 16.3. The normalized spacial score (nSPS) is 57.3. The van der Waals surface area contributed by atoms with Crippen LogP contribution in [0.3, 0.4) is 0 Å². The van der Waals surface area contributed by atoms with E-state index >= 15 is 0 Å². The zero-order valence-electron chi connectivity index (χ0n) is 15.8. The van der Waals surface area contributed by atoms with Gasteiger partial charge < -0.3 is 5.11 Å². The zero-order chi connectivity index (χ0) is 16.4. The first-order valence-electron chi connectivity index (χ1n) is 10.6. The van der Waals surface area contributed by atoms with E-state index < -0.39 is 0 Å². The van der Waals surface area contributed by atoms with Crippen LogP contribution in [0.5, 0.6) is 0 Å². The van der Waals surface area contributed by atoms with Crippen LogP contribution in [0.2, 0.25) is 0 Å². The Balaban J connectivity index is 1.59. The maximum atomic E-state index is 10.4. The Kier molecular flexibility index (Phi) is 4.11. The van der Waals surface area contributed by atoms with Gasteiger partial charge in [0.05, 0.1) is 6.10 Å². The smallest absolute Gasteiger partial charge is 0.0545 e. The van der Waals surface area contributed by atoms with Crippen molar-refractivity contribution in [1.82, 2.24) is 0 Å². The van der Waals surface area contributed by atoms with Crippen molar-refractivity contribution in [1.29, 1.82) is 0 Å². The minimum atomic E-state index is -0.115. The van der Waals surface area contributed by atoms with Crippen molar-refractivity contribution in [2.24, 2.45) is 52.8 Å². The molecule has 0 amide bonds. The Hall–Kier alpha value is -0.0400. The average molecular weight is 319 g/mol. The molecule has 1 heteroatoms. The van der Waals surface area contributed by atoms with Gasteiger partial charge in [-0.15, -0.1) is 0 Å². The van der Waals surface area contributed by atoms with Gasteiger partial charge in [0, 0.05) is 0 Å². The van der Waals surface area contributed by atoms with Gasteiger partial charge in [0.2, 0.25) is 0 Å². The lowest BCUT2D eigenvalue weighted by molar-refractivity contribution is -0.0882. The lowest BCUT2D eigenvalue weighted by Crippen LogP contribution is -2.50. The van der Waals surface area contributed by atoms with Crippen molar-refractivity contribution < 1.29 is 5.11 Å². The van der Waals surface area contributed by atoms with Gasteiger partial charge in [-0.25, -0.2) is 0 Å². The Morgan fingerprint density at radius 2 is 1.65 bits per heavy atom. The van der Waals surface area contributed by atoms with E-state index in [-0.39, 0.29) is 6.10 Å². The first-order valence-corrected chi connectivity index (χ1v) is 10.6. The van der Waals surface area contributed by atoms with E-state index in [2.05, 4.69) is 27.7 Å². The van der Waals surface area contributed by atoms with Crippen molar-refractivity contribution >= 4 is 0 Å². The third kappa shape index (κ3) is 2.43. The lowest BCUT2D eigenvalue weighted by atomic mass is 9.48. The second kappa shape index (κ2) is 5.75. The molecule has 0 aromatic heterocycles. The monoisotopic (exact) mass is 318 g/mol. The molecule has 1 nitrogen and oxygen atoms in total. The molecule has 0 aliphatic heterocycles. The van der Waals surface area contributed by atoms with Gasteiger partial charge in [-0.05, 0) is 105 Å². The van der Waals surface area contributed by atoms with E-state index in [0.29, 0.717) is 11.3 Å². The summed E-state index contributed by atoms with van der Waals surface area (Å²) in [5.74, 6) is 7.34. The number of hydrogen-bond donors (Lipinski definition) is 1. The molecule has 4 aliphatic carbocycles. The van der Waals surface area contributed by atoms with Gasteiger partial charge in [0.1, 0.15) is 0 Å². The van der Waals surface area contributed by atoms with Crippen molar-refractivity contribution in [2.75, 3.05) is 0 Å². The number of rotatable bonds is 1. The first kappa shape index (κ1) is 16.4. The fraction of sp³-hybridized carbons (Fsp3) is 1.00. The molecule has 1 N–H and O–H groups in total. The quantitative estimate of drug-likeness (QED) is 0.675. The molecule has 0 heterocycles. The summed E-state index contributed by atoms with van der Waals surface area (Å²) < 4.78 is 0. The highest BCUT2D eigenvalue weighted by Gasteiger charge is 2.59. The highest BCUT2D eigenvalue weighted by molar-refractivity contribution is 5.08. The number of aliphatic hydroxyl groups excluding tert-OH is 1.